The van der Waals surface area contributed by atoms with E-state index in [2.05, 4.69) is 0 Å². The lowest BCUT2D eigenvalue weighted by molar-refractivity contribution is -0.137. The second kappa shape index (κ2) is 9.69. The molecule has 1 saturated heterocycles. The molecular weight excluding hydrogens is 422 g/mol. The molecule has 1 heterocycles. The maximum Gasteiger partial charge on any atom is 0.307 e. The fourth-order valence-corrected chi connectivity index (χ4v) is 4.30. The topological polar surface area (TPSA) is 94.9 Å². The van der Waals surface area contributed by atoms with Crippen molar-refractivity contribution in [2.75, 3.05) is 6.54 Å². The van der Waals surface area contributed by atoms with Crippen molar-refractivity contribution in [3.05, 3.63) is 64.6 Å². The summed E-state index contributed by atoms with van der Waals surface area (Å²) in [5, 5.41) is 17.6. The molecule has 0 saturated carbocycles. The third kappa shape index (κ3) is 5.55. The average molecular weight is 442 g/mol. The molecule has 2 aromatic carbocycles. The zero-order valence-electron chi connectivity index (χ0n) is 15.9. The molecule has 0 aromatic heterocycles. The Morgan fingerprint density at radius 3 is 2.13 bits per heavy atom. The van der Waals surface area contributed by atoms with Gasteiger partial charge in [0.15, 0.2) is 0 Å². The molecule has 2 N–H and O–H groups in total. The zero-order chi connectivity index (χ0) is 21.7. The van der Waals surface area contributed by atoms with Gasteiger partial charge in [-0.1, -0.05) is 72.5 Å². The van der Waals surface area contributed by atoms with Gasteiger partial charge in [0.05, 0.1) is 11.3 Å². The van der Waals surface area contributed by atoms with Gasteiger partial charge in [0.25, 0.3) is 5.91 Å². The van der Waals surface area contributed by atoms with Gasteiger partial charge in [-0.2, -0.15) is 0 Å². The lowest BCUT2D eigenvalue weighted by Crippen LogP contribution is -2.29. The van der Waals surface area contributed by atoms with Crippen LogP contribution in [0.5, 0.6) is 0 Å². The van der Waals surface area contributed by atoms with E-state index in [4.69, 9.17) is 22.4 Å². The summed E-state index contributed by atoms with van der Waals surface area (Å²) in [4.78, 5) is 35.9. The maximum atomic E-state index is 12.6. The van der Waals surface area contributed by atoms with E-state index < -0.39 is 11.9 Å². The Morgan fingerprint density at radius 2 is 1.57 bits per heavy atom. The van der Waals surface area contributed by atoms with Crippen LogP contribution in [-0.2, 0) is 20.8 Å². The number of hydrogen-bond acceptors (Lipinski definition) is 5. The van der Waals surface area contributed by atoms with Gasteiger partial charge in [-0.15, -0.1) is 0 Å². The molecule has 3 rings (SSSR count). The molecule has 8 heteroatoms. The molecule has 30 heavy (non-hydrogen) atoms. The Kier molecular flexibility index (Phi) is 7.02. The Morgan fingerprint density at radius 1 is 0.967 bits per heavy atom. The highest BCUT2D eigenvalue weighted by Crippen LogP contribution is 2.33. The summed E-state index contributed by atoms with van der Waals surface area (Å²) in [5.74, 6) is -1.96. The number of carbonyl (C=O) groups excluding carboxylic acids is 1. The molecule has 2 aromatic rings. The van der Waals surface area contributed by atoms with Crippen LogP contribution in [-0.4, -0.2) is 43.8 Å². The van der Waals surface area contributed by atoms with E-state index in [-0.39, 0.29) is 18.7 Å². The summed E-state index contributed by atoms with van der Waals surface area (Å²) in [6, 6.07) is 15.0. The Balaban J connectivity index is 1.68. The second-order valence-corrected chi connectivity index (χ2v) is 8.40. The van der Waals surface area contributed by atoms with Crippen molar-refractivity contribution < 1.29 is 24.6 Å². The van der Waals surface area contributed by atoms with Crippen molar-refractivity contribution in [1.29, 1.82) is 0 Å². The second-order valence-electron chi connectivity index (χ2n) is 6.72. The van der Waals surface area contributed by atoms with Crippen LogP contribution in [0.1, 0.15) is 24.0 Å². The number of amides is 1. The van der Waals surface area contributed by atoms with E-state index in [0.717, 1.165) is 22.3 Å². The molecule has 1 fully saturated rings. The summed E-state index contributed by atoms with van der Waals surface area (Å²) in [6.07, 6.45) is 2.12. The van der Waals surface area contributed by atoms with E-state index in [1.165, 1.54) is 16.7 Å². The van der Waals surface area contributed by atoms with E-state index in [1.807, 2.05) is 36.4 Å². The van der Waals surface area contributed by atoms with Crippen molar-refractivity contribution in [1.82, 2.24) is 4.90 Å². The minimum atomic E-state index is -0.896. The van der Waals surface area contributed by atoms with Crippen LogP contribution >= 0.6 is 24.0 Å². The maximum absolute atomic E-state index is 12.6. The van der Waals surface area contributed by atoms with Crippen LogP contribution in [0.25, 0.3) is 17.2 Å². The Hall–Kier alpha value is -2.97. The van der Waals surface area contributed by atoms with Gasteiger partial charge < -0.3 is 10.2 Å². The van der Waals surface area contributed by atoms with Crippen molar-refractivity contribution in [2.24, 2.45) is 0 Å². The Labute approximate surface area is 183 Å². The number of carboxylic acid groups (broad SMARTS) is 2. The molecule has 0 unspecified atom stereocenters. The van der Waals surface area contributed by atoms with Gasteiger partial charge in [-0.05, 0) is 34.8 Å². The van der Waals surface area contributed by atoms with Crippen LogP contribution in [0.3, 0.4) is 0 Å². The largest absolute Gasteiger partial charge is 0.481 e. The van der Waals surface area contributed by atoms with Crippen molar-refractivity contribution >= 4 is 52.2 Å². The number of benzene rings is 2. The molecule has 0 radical (unpaired) electrons. The Bertz CT molecular complexity index is 1010. The van der Waals surface area contributed by atoms with Crippen LogP contribution in [0.2, 0.25) is 0 Å². The molecule has 1 amide bonds. The first kappa shape index (κ1) is 21.7. The highest BCUT2D eigenvalue weighted by Gasteiger charge is 2.31. The number of carboxylic acids is 2. The third-order valence-electron chi connectivity index (χ3n) is 4.50. The highest BCUT2D eigenvalue weighted by molar-refractivity contribution is 8.26. The molecule has 0 atom stereocenters. The predicted octanol–water partition coefficient (Wildman–Crippen LogP) is 4.05. The number of thioether (sulfide) groups is 1. The summed E-state index contributed by atoms with van der Waals surface area (Å²) in [6.45, 7) is 0.297. The van der Waals surface area contributed by atoms with Crippen molar-refractivity contribution in [2.45, 2.75) is 19.3 Å². The van der Waals surface area contributed by atoms with Gasteiger partial charge in [0.2, 0.25) is 0 Å². The molecule has 1 aliphatic rings. The van der Waals surface area contributed by atoms with E-state index in [1.54, 1.807) is 18.2 Å². The zero-order valence-corrected chi connectivity index (χ0v) is 17.5. The number of thiocarbonyl (C=S) groups is 1. The van der Waals surface area contributed by atoms with Crippen LogP contribution in [0, 0.1) is 0 Å². The monoisotopic (exact) mass is 441 g/mol. The molecule has 1 aliphatic heterocycles. The van der Waals surface area contributed by atoms with Crippen molar-refractivity contribution in [3.63, 3.8) is 0 Å². The van der Waals surface area contributed by atoms with Gasteiger partial charge in [0, 0.05) is 13.0 Å². The molecule has 0 bridgehead atoms. The number of nitrogens with zero attached hydrogens (tertiary/aromatic N) is 1. The minimum Gasteiger partial charge on any atom is -0.481 e. The summed E-state index contributed by atoms with van der Waals surface area (Å²) < 4.78 is 0.440. The molecule has 154 valence electrons. The van der Waals surface area contributed by atoms with Gasteiger partial charge >= 0.3 is 11.9 Å². The number of aliphatic carboxylic acids is 2. The first-order chi connectivity index (χ1) is 14.3. The van der Waals surface area contributed by atoms with Crippen LogP contribution < -0.4 is 0 Å². The molecule has 0 aliphatic carbocycles. The smallest absolute Gasteiger partial charge is 0.307 e. The van der Waals surface area contributed by atoms with Crippen LogP contribution in [0.4, 0.5) is 0 Å². The number of hydrogen-bond donors (Lipinski definition) is 2. The first-order valence-electron chi connectivity index (χ1n) is 9.22. The summed E-state index contributed by atoms with van der Waals surface area (Å²) in [5.41, 5.74) is 3.55. The highest BCUT2D eigenvalue weighted by atomic mass is 32.2. The molecular formula is C22H19NO5S2. The predicted molar refractivity (Wildman–Crippen MR) is 120 cm³/mol. The molecule has 6 nitrogen and oxygen atoms in total. The quantitative estimate of drug-likeness (QED) is 0.471. The lowest BCUT2D eigenvalue weighted by Gasteiger charge is -2.13. The average Bonchev–Trinajstić information content (AvgIpc) is 2.96. The van der Waals surface area contributed by atoms with E-state index >= 15 is 0 Å². The van der Waals surface area contributed by atoms with Gasteiger partial charge in [0.1, 0.15) is 4.32 Å². The SMILES string of the molecule is O=C(O)CCCN1C(=O)/C(=C/c2ccc(-c3ccc(CC(=O)O)cc3)cc2)SC1=S. The van der Waals surface area contributed by atoms with Crippen LogP contribution in [0.15, 0.2) is 53.4 Å². The van der Waals surface area contributed by atoms with E-state index in [9.17, 15) is 14.4 Å². The summed E-state index contributed by atoms with van der Waals surface area (Å²) >= 11 is 6.47. The fraction of sp³-hybridized carbons (Fsp3) is 0.182. The molecule has 0 spiro atoms. The van der Waals surface area contributed by atoms with Gasteiger partial charge in [-0.25, -0.2) is 0 Å². The number of carbonyl (C=O) groups is 3. The summed E-state index contributed by atoms with van der Waals surface area (Å²) in [7, 11) is 0. The van der Waals surface area contributed by atoms with Crippen molar-refractivity contribution in [3.8, 4) is 11.1 Å². The fourth-order valence-electron chi connectivity index (χ4n) is 2.99. The lowest BCUT2D eigenvalue weighted by atomic mass is 10.0. The minimum absolute atomic E-state index is 0.00510. The third-order valence-corrected chi connectivity index (χ3v) is 5.87. The first-order valence-corrected chi connectivity index (χ1v) is 10.4. The van der Waals surface area contributed by atoms with Gasteiger partial charge in [-0.3, -0.25) is 19.3 Å². The standard InChI is InChI=1S/C22H19NO5S2/c24-19(25)2-1-11-23-21(28)18(30-22(23)29)12-14-3-7-16(8-4-14)17-9-5-15(6-10-17)13-20(26)27/h3-10,12H,1-2,11,13H2,(H,24,25)(H,26,27)/b18-12-. The normalized spacial score (nSPS) is 15.1. The van der Waals surface area contributed by atoms with E-state index in [0.29, 0.717) is 22.2 Å². The number of rotatable bonds is 8.